The van der Waals surface area contributed by atoms with Crippen molar-refractivity contribution in [1.82, 2.24) is 0 Å². The summed E-state index contributed by atoms with van der Waals surface area (Å²) in [4.78, 5) is 36.3. The number of anilines is 3. The molecule has 1 aliphatic heterocycles. The molecule has 8 nitrogen and oxygen atoms in total. The quantitative estimate of drug-likeness (QED) is 0.602. The molecule has 0 spiro atoms. The first-order valence-corrected chi connectivity index (χ1v) is 8.66. The van der Waals surface area contributed by atoms with E-state index in [-0.39, 0.29) is 17.5 Å². The number of nitrogens with one attached hydrogen (secondary N) is 2. The van der Waals surface area contributed by atoms with Crippen molar-refractivity contribution < 1.29 is 14.5 Å². The Morgan fingerprint density at radius 1 is 1.19 bits per heavy atom. The van der Waals surface area contributed by atoms with E-state index in [0.717, 1.165) is 12.1 Å². The first-order valence-electron chi connectivity index (χ1n) is 8.66. The van der Waals surface area contributed by atoms with E-state index in [4.69, 9.17) is 0 Å². The van der Waals surface area contributed by atoms with Crippen LogP contribution in [0.1, 0.15) is 19.8 Å². The first kappa shape index (κ1) is 18.4. The van der Waals surface area contributed by atoms with Crippen LogP contribution in [0.4, 0.5) is 22.7 Å². The van der Waals surface area contributed by atoms with E-state index in [0.29, 0.717) is 24.3 Å². The van der Waals surface area contributed by atoms with E-state index >= 15 is 0 Å². The number of carbonyl (C=O) groups excluding carboxylic acids is 2. The first-order chi connectivity index (χ1) is 12.9. The van der Waals surface area contributed by atoms with Crippen molar-refractivity contribution in [3.05, 3.63) is 58.6 Å². The van der Waals surface area contributed by atoms with Gasteiger partial charge in [0.2, 0.25) is 11.8 Å². The number of benzene rings is 2. The average molecular weight is 368 g/mol. The smallest absolute Gasteiger partial charge is 0.271 e. The molecule has 1 atom stereocenters. The fourth-order valence-corrected chi connectivity index (χ4v) is 2.95. The van der Waals surface area contributed by atoms with Crippen LogP contribution < -0.4 is 15.5 Å². The Hall–Kier alpha value is -3.42. The second kappa shape index (κ2) is 7.86. The third-order valence-electron chi connectivity index (χ3n) is 4.33. The number of carbonyl (C=O) groups is 2. The predicted octanol–water partition coefficient (Wildman–Crippen LogP) is 3.16. The molecule has 1 aliphatic rings. The van der Waals surface area contributed by atoms with Gasteiger partial charge in [-0.05, 0) is 37.6 Å². The lowest BCUT2D eigenvalue weighted by molar-refractivity contribution is -0.384. The summed E-state index contributed by atoms with van der Waals surface area (Å²) in [5.41, 5.74) is 1.79. The van der Waals surface area contributed by atoms with Gasteiger partial charge in [0.25, 0.3) is 5.69 Å². The molecular formula is C19H20N4O4. The molecule has 0 aliphatic carbocycles. The molecule has 0 aromatic heterocycles. The van der Waals surface area contributed by atoms with E-state index < -0.39 is 11.0 Å². The number of nitro groups is 1. The molecular weight excluding hydrogens is 348 g/mol. The van der Waals surface area contributed by atoms with Gasteiger partial charge in [-0.3, -0.25) is 19.7 Å². The summed E-state index contributed by atoms with van der Waals surface area (Å²) in [6.07, 6.45) is 1.40. The van der Waals surface area contributed by atoms with Gasteiger partial charge in [-0.15, -0.1) is 0 Å². The molecule has 2 aromatic carbocycles. The Balaban J connectivity index is 1.65. The highest BCUT2D eigenvalue weighted by Crippen LogP contribution is 2.24. The summed E-state index contributed by atoms with van der Waals surface area (Å²) in [5, 5.41) is 16.6. The molecule has 0 unspecified atom stereocenters. The number of amides is 2. The number of nitro benzene ring substituents is 1. The summed E-state index contributed by atoms with van der Waals surface area (Å²) < 4.78 is 0. The van der Waals surface area contributed by atoms with Crippen LogP contribution >= 0.6 is 0 Å². The lowest BCUT2D eigenvalue weighted by Gasteiger charge is -2.19. The maximum atomic E-state index is 12.4. The molecule has 2 aromatic rings. The van der Waals surface area contributed by atoms with E-state index in [9.17, 15) is 19.7 Å². The molecule has 0 saturated carbocycles. The minimum atomic E-state index is -0.575. The van der Waals surface area contributed by atoms with Gasteiger partial charge in [-0.25, -0.2) is 0 Å². The molecule has 3 rings (SSSR count). The van der Waals surface area contributed by atoms with Crippen LogP contribution in [-0.2, 0) is 9.59 Å². The summed E-state index contributed by atoms with van der Waals surface area (Å²) in [5.74, 6) is -0.221. The number of hydrogen-bond acceptors (Lipinski definition) is 5. The maximum Gasteiger partial charge on any atom is 0.271 e. The van der Waals surface area contributed by atoms with E-state index in [2.05, 4.69) is 10.6 Å². The van der Waals surface area contributed by atoms with Gasteiger partial charge in [0.05, 0.1) is 4.92 Å². The number of non-ortho nitro benzene ring substituents is 1. The molecule has 0 radical (unpaired) electrons. The highest BCUT2D eigenvalue weighted by Gasteiger charge is 2.22. The molecule has 27 heavy (non-hydrogen) atoms. The summed E-state index contributed by atoms with van der Waals surface area (Å²) in [6.45, 7) is 2.39. The fourth-order valence-electron chi connectivity index (χ4n) is 2.95. The molecule has 1 fully saturated rings. The zero-order valence-electron chi connectivity index (χ0n) is 14.8. The second-order valence-electron chi connectivity index (χ2n) is 6.36. The summed E-state index contributed by atoms with van der Waals surface area (Å²) in [6, 6.07) is 12.6. The van der Waals surface area contributed by atoms with Crippen molar-refractivity contribution in [2.75, 3.05) is 22.1 Å². The van der Waals surface area contributed by atoms with Gasteiger partial charge in [0.1, 0.15) is 6.04 Å². The van der Waals surface area contributed by atoms with Gasteiger partial charge < -0.3 is 15.5 Å². The van der Waals surface area contributed by atoms with Gasteiger partial charge in [0.15, 0.2) is 0 Å². The van der Waals surface area contributed by atoms with Gasteiger partial charge >= 0.3 is 0 Å². The zero-order chi connectivity index (χ0) is 19.4. The fraction of sp³-hybridized carbons (Fsp3) is 0.263. The minimum absolute atomic E-state index is 0.0867. The highest BCUT2D eigenvalue weighted by atomic mass is 16.6. The van der Waals surface area contributed by atoms with E-state index in [1.54, 1.807) is 17.9 Å². The lowest BCUT2D eigenvalue weighted by atomic mass is 10.2. The normalized spacial score (nSPS) is 14.7. The summed E-state index contributed by atoms with van der Waals surface area (Å²) in [7, 11) is 0. The minimum Gasteiger partial charge on any atom is -0.374 e. The molecule has 0 bridgehead atoms. The Morgan fingerprint density at radius 3 is 2.63 bits per heavy atom. The van der Waals surface area contributed by atoms with Crippen molar-refractivity contribution in [2.45, 2.75) is 25.8 Å². The van der Waals surface area contributed by atoms with Crippen molar-refractivity contribution >= 4 is 34.6 Å². The lowest BCUT2D eigenvalue weighted by Crippen LogP contribution is -2.32. The standard InChI is InChI=1S/C19H20N4O4/c1-13(19(25)21-15-6-3-8-17(12-15)23(26)27)20-14-5-2-7-16(11-14)22-10-4-9-18(22)24/h2-3,5-8,11-13,20H,4,9-10H2,1H3,(H,21,25)/t13-/m1/s1. The van der Waals surface area contributed by atoms with Crippen LogP contribution in [0.5, 0.6) is 0 Å². The third kappa shape index (κ3) is 4.41. The largest absolute Gasteiger partial charge is 0.374 e. The van der Waals surface area contributed by atoms with Crippen LogP contribution in [0.15, 0.2) is 48.5 Å². The van der Waals surface area contributed by atoms with Gasteiger partial charge in [0, 0.05) is 42.2 Å². The molecule has 140 valence electrons. The monoisotopic (exact) mass is 368 g/mol. The van der Waals surface area contributed by atoms with Crippen LogP contribution in [0, 0.1) is 10.1 Å². The highest BCUT2D eigenvalue weighted by molar-refractivity contribution is 5.97. The molecule has 2 amide bonds. The number of hydrogen-bond donors (Lipinski definition) is 2. The molecule has 2 N–H and O–H groups in total. The number of nitrogens with zero attached hydrogens (tertiary/aromatic N) is 2. The third-order valence-corrected chi connectivity index (χ3v) is 4.33. The zero-order valence-corrected chi connectivity index (χ0v) is 14.8. The van der Waals surface area contributed by atoms with Crippen molar-refractivity contribution in [2.24, 2.45) is 0 Å². The Bertz CT molecular complexity index is 884. The van der Waals surface area contributed by atoms with Crippen LogP contribution in [-0.4, -0.2) is 29.3 Å². The molecule has 1 saturated heterocycles. The summed E-state index contributed by atoms with van der Waals surface area (Å²) >= 11 is 0. The van der Waals surface area contributed by atoms with Crippen LogP contribution in [0.2, 0.25) is 0 Å². The molecule has 1 heterocycles. The van der Waals surface area contributed by atoms with Crippen molar-refractivity contribution in [3.63, 3.8) is 0 Å². The number of rotatable bonds is 6. The second-order valence-corrected chi connectivity index (χ2v) is 6.36. The van der Waals surface area contributed by atoms with Gasteiger partial charge in [-0.2, -0.15) is 0 Å². The Morgan fingerprint density at radius 2 is 1.93 bits per heavy atom. The van der Waals surface area contributed by atoms with E-state index in [1.807, 2.05) is 24.3 Å². The van der Waals surface area contributed by atoms with Crippen molar-refractivity contribution in [3.8, 4) is 0 Å². The Kier molecular flexibility index (Phi) is 5.35. The topological polar surface area (TPSA) is 105 Å². The Labute approximate surface area is 156 Å². The van der Waals surface area contributed by atoms with Gasteiger partial charge in [-0.1, -0.05) is 12.1 Å². The van der Waals surface area contributed by atoms with E-state index in [1.165, 1.54) is 18.2 Å². The van der Waals surface area contributed by atoms with Crippen LogP contribution in [0.3, 0.4) is 0 Å². The van der Waals surface area contributed by atoms with Crippen LogP contribution in [0.25, 0.3) is 0 Å². The SMILES string of the molecule is C[C@@H](Nc1cccc(N2CCCC2=O)c1)C(=O)Nc1cccc([N+](=O)[O-])c1. The van der Waals surface area contributed by atoms with Crippen molar-refractivity contribution in [1.29, 1.82) is 0 Å². The maximum absolute atomic E-state index is 12.4. The predicted molar refractivity (Wildman–Crippen MR) is 103 cm³/mol. The average Bonchev–Trinajstić information content (AvgIpc) is 3.08. The molecule has 8 heteroatoms.